The van der Waals surface area contributed by atoms with Crippen LogP contribution in [0.3, 0.4) is 0 Å². The van der Waals surface area contributed by atoms with Crippen LogP contribution in [-0.2, 0) is 11.3 Å². The molecule has 0 bridgehead atoms. The Kier molecular flexibility index (Phi) is 5.16. The first kappa shape index (κ1) is 19.9. The smallest absolute Gasteiger partial charge is 0.322 e. The van der Waals surface area contributed by atoms with E-state index in [4.69, 9.17) is 0 Å². The molecule has 0 saturated heterocycles. The lowest BCUT2D eigenvalue weighted by Gasteiger charge is -2.33. The SMILES string of the molecule is C=CCN1C(=O)NC(c2cc(C)c(C)cc2C)C2=C1CN(Cc1ccccn1)C2=O. The van der Waals surface area contributed by atoms with Gasteiger partial charge in [0.1, 0.15) is 0 Å². The molecule has 30 heavy (non-hydrogen) atoms. The number of pyridine rings is 1. The number of aromatic nitrogens is 1. The van der Waals surface area contributed by atoms with Crippen LogP contribution in [-0.4, -0.2) is 39.8 Å². The van der Waals surface area contributed by atoms with Gasteiger partial charge in [0.2, 0.25) is 0 Å². The molecule has 0 aliphatic carbocycles. The van der Waals surface area contributed by atoms with Crippen LogP contribution in [0.1, 0.15) is 34.0 Å². The van der Waals surface area contributed by atoms with E-state index in [-0.39, 0.29) is 11.9 Å². The standard InChI is InChI=1S/C24H26N4O2/c1-5-10-28-20-14-27(13-18-8-6-7-9-25-18)23(29)21(20)22(26-24(28)30)19-12-16(3)15(2)11-17(19)4/h5-9,11-12,22H,1,10,13-14H2,2-4H3,(H,26,30). The zero-order valence-corrected chi connectivity index (χ0v) is 17.6. The topological polar surface area (TPSA) is 65.5 Å². The lowest BCUT2D eigenvalue weighted by molar-refractivity contribution is -0.126. The third-order valence-electron chi connectivity index (χ3n) is 5.88. The maximum Gasteiger partial charge on any atom is 0.322 e. The van der Waals surface area contributed by atoms with Crippen molar-refractivity contribution >= 4 is 11.9 Å². The number of hydrogen-bond donors (Lipinski definition) is 1. The second kappa shape index (κ2) is 7.78. The Morgan fingerprint density at radius 1 is 1.17 bits per heavy atom. The first-order valence-corrected chi connectivity index (χ1v) is 10.1. The summed E-state index contributed by atoms with van der Waals surface area (Å²) in [6, 6.07) is 9.19. The molecule has 4 rings (SSSR count). The van der Waals surface area contributed by atoms with Gasteiger partial charge in [-0.1, -0.05) is 24.3 Å². The van der Waals surface area contributed by atoms with Gasteiger partial charge in [0, 0.05) is 12.7 Å². The van der Waals surface area contributed by atoms with Crippen molar-refractivity contribution in [2.75, 3.05) is 13.1 Å². The number of carbonyl (C=O) groups is 2. The third kappa shape index (κ3) is 3.38. The van der Waals surface area contributed by atoms with Gasteiger partial charge in [-0.25, -0.2) is 4.79 Å². The Morgan fingerprint density at radius 2 is 1.93 bits per heavy atom. The summed E-state index contributed by atoms with van der Waals surface area (Å²) in [5, 5.41) is 3.06. The molecule has 3 amide bonds. The molecule has 154 valence electrons. The predicted molar refractivity (Wildman–Crippen MR) is 116 cm³/mol. The fourth-order valence-electron chi connectivity index (χ4n) is 4.21. The van der Waals surface area contributed by atoms with Crippen molar-refractivity contribution in [3.05, 3.63) is 88.4 Å². The predicted octanol–water partition coefficient (Wildman–Crippen LogP) is 3.56. The van der Waals surface area contributed by atoms with Crippen LogP contribution < -0.4 is 5.32 Å². The number of benzene rings is 1. The van der Waals surface area contributed by atoms with E-state index < -0.39 is 6.04 Å². The van der Waals surface area contributed by atoms with E-state index >= 15 is 0 Å². The van der Waals surface area contributed by atoms with Crippen molar-refractivity contribution in [1.29, 1.82) is 0 Å². The van der Waals surface area contributed by atoms with Crippen LogP contribution in [0.25, 0.3) is 0 Å². The van der Waals surface area contributed by atoms with Gasteiger partial charge in [0.25, 0.3) is 5.91 Å². The number of rotatable bonds is 5. The molecule has 1 aromatic heterocycles. The summed E-state index contributed by atoms with van der Waals surface area (Å²) in [5.41, 5.74) is 6.56. The third-order valence-corrected chi connectivity index (χ3v) is 5.88. The van der Waals surface area contributed by atoms with Crippen molar-refractivity contribution < 1.29 is 9.59 Å². The Balaban J connectivity index is 1.76. The molecule has 1 unspecified atom stereocenters. The zero-order valence-electron chi connectivity index (χ0n) is 17.6. The molecule has 2 aromatic rings. The number of nitrogens with zero attached hydrogens (tertiary/aromatic N) is 3. The van der Waals surface area contributed by atoms with E-state index in [9.17, 15) is 9.59 Å². The summed E-state index contributed by atoms with van der Waals surface area (Å²) < 4.78 is 0. The first-order valence-electron chi connectivity index (χ1n) is 10.1. The molecular weight excluding hydrogens is 376 g/mol. The van der Waals surface area contributed by atoms with Gasteiger partial charge in [0.15, 0.2) is 0 Å². The minimum absolute atomic E-state index is 0.0626. The highest BCUT2D eigenvalue weighted by atomic mass is 16.2. The van der Waals surface area contributed by atoms with Gasteiger partial charge in [-0.2, -0.15) is 0 Å². The summed E-state index contributed by atoms with van der Waals surface area (Å²) in [6.45, 7) is 11.0. The van der Waals surface area contributed by atoms with E-state index in [2.05, 4.69) is 35.9 Å². The Morgan fingerprint density at radius 3 is 2.63 bits per heavy atom. The number of hydrogen-bond acceptors (Lipinski definition) is 3. The zero-order chi connectivity index (χ0) is 21.4. The molecule has 0 fully saturated rings. The van der Waals surface area contributed by atoms with E-state index in [0.29, 0.717) is 25.2 Å². The maximum absolute atomic E-state index is 13.5. The highest BCUT2D eigenvalue weighted by Gasteiger charge is 2.44. The summed E-state index contributed by atoms with van der Waals surface area (Å²) in [4.78, 5) is 34.1. The average molecular weight is 402 g/mol. The van der Waals surface area contributed by atoms with Crippen molar-refractivity contribution in [3.63, 3.8) is 0 Å². The van der Waals surface area contributed by atoms with Gasteiger partial charge in [0.05, 0.1) is 36.1 Å². The highest BCUT2D eigenvalue weighted by Crippen LogP contribution is 2.38. The van der Waals surface area contributed by atoms with Crippen molar-refractivity contribution in [1.82, 2.24) is 20.1 Å². The number of amides is 3. The van der Waals surface area contributed by atoms with Crippen LogP contribution in [0.15, 0.2) is 60.5 Å². The fraction of sp³-hybridized carbons (Fsp3) is 0.292. The van der Waals surface area contributed by atoms with Crippen LogP contribution in [0.5, 0.6) is 0 Å². The average Bonchev–Trinajstić information content (AvgIpc) is 3.04. The molecule has 6 heteroatoms. The Labute approximate surface area is 176 Å². The molecular formula is C24H26N4O2. The number of aryl methyl sites for hydroxylation is 3. The van der Waals surface area contributed by atoms with E-state index in [1.165, 1.54) is 5.56 Å². The van der Waals surface area contributed by atoms with Crippen molar-refractivity contribution in [3.8, 4) is 0 Å². The Hall–Kier alpha value is -3.41. The summed E-state index contributed by atoms with van der Waals surface area (Å²) >= 11 is 0. The fourth-order valence-corrected chi connectivity index (χ4v) is 4.21. The lowest BCUT2D eigenvalue weighted by atomic mass is 9.90. The normalized spacial score (nSPS) is 18.6. The number of urea groups is 1. The molecule has 1 N–H and O–H groups in total. The van der Waals surface area contributed by atoms with Crippen molar-refractivity contribution in [2.24, 2.45) is 0 Å². The monoisotopic (exact) mass is 402 g/mol. The van der Waals surface area contributed by atoms with Crippen LogP contribution >= 0.6 is 0 Å². The molecule has 2 aliphatic heterocycles. The first-order chi connectivity index (χ1) is 14.4. The molecule has 0 radical (unpaired) electrons. The summed E-state index contributed by atoms with van der Waals surface area (Å²) in [7, 11) is 0. The maximum atomic E-state index is 13.5. The highest BCUT2D eigenvalue weighted by molar-refractivity contribution is 6.01. The molecule has 3 heterocycles. The molecule has 6 nitrogen and oxygen atoms in total. The molecule has 1 atom stereocenters. The molecule has 0 saturated carbocycles. The second-order valence-electron chi connectivity index (χ2n) is 7.92. The Bertz CT molecular complexity index is 1060. The lowest BCUT2D eigenvalue weighted by Crippen LogP contribution is -2.47. The summed E-state index contributed by atoms with van der Waals surface area (Å²) in [6.07, 6.45) is 3.40. The van der Waals surface area contributed by atoms with E-state index in [0.717, 1.165) is 28.1 Å². The summed E-state index contributed by atoms with van der Waals surface area (Å²) in [5.74, 6) is -0.0626. The van der Waals surface area contributed by atoms with Crippen LogP contribution in [0.4, 0.5) is 4.79 Å². The molecule has 2 aliphatic rings. The quantitative estimate of drug-likeness (QED) is 0.778. The minimum Gasteiger partial charge on any atom is -0.327 e. The van der Waals surface area contributed by atoms with Gasteiger partial charge >= 0.3 is 6.03 Å². The van der Waals surface area contributed by atoms with Gasteiger partial charge in [-0.05, 0) is 55.2 Å². The van der Waals surface area contributed by atoms with Crippen LogP contribution in [0, 0.1) is 20.8 Å². The van der Waals surface area contributed by atoms with Gasteiger partial charge in [-0.3, -0.25) is 14.7 Å². The minimum atomic E-state index is -0.464. The van der Waals surface area contributed by atoms with Gasteiger partial charge < -0.3 is 10.2 Å². The van der Waals surface area contributed by atoms with Crippen molar-refractivity contribution in [2.45, 2.75) is 33.4 Å². The van der Waals surface area contributed by atoms with Crippen LogP contribution in [0.2, 0.25) is 0 Å². The molecule has 1 aromatic carbocycles. The number of carbonyl (C=O) groups excluding carboxylic acids is 2. The molecule has 0 spiro atoms. The van der Waals surface area contributed by atoms with E-state index in [1.54, 1.807) is 22.1 Å². The largest absolute Gasteiger partial charge is 0.327 e. The number of nitrogens with one attached hydrogen (secondary N) is 1. The second-order valence-corrected chi connectivity index (χ2v) is 7.92. The van der Waals surface area contributed by atoms with E-state index in [1.807, 2.05) is 32.0 Å². The van der Waals surface area contributed by atoms with Gasteiger partial charge in [-0.15, -0.1) is 6.58 Å².